The Kier molecular flexibility index (Phi) is 2.40. The predicted octanol–water partition coefficient (Wildman–Crippen LogP) is 2.58. The van der Waals surface area contributed by atoms with Gasteiger partial charge in [0, 0.05) is 0 Å². The number of rotatable bonds is 2. The Morgan fingerprint density at radius 1 is 0.917 bits per heavy atom. The molecule has 70 valence electrons. The van der Waals surface area contributed by atoms with Crippen molar-refractivity contribution >= 4 is 0 Å². The van der Waals surface area contributed by atoms with Crippen molar-refractivity contribution < 1.29 is 5.11 Å². The van der Waals surface area contributed by atoms with Gasteiger partial charge in [0.15, 0.2) is 0 Å². The first-order chi connectivity index (χ1) is 5.77. The van der Waals surface area contributed by atoms with Crippen molar-refractivity contribution in [3.05, 3.63) is 0 Å². The van der Waals surface area contributed by atoms with Gasteiger partial charge in [0.05, 0.1) is 6.10 Å². The van der Waals surface area contributed by atoms with Gasteiger partial charge in [0.25, 0.3) is 0 Å². The van der Waals surface area contributed by atoms with Gasteiger partial charge in [-0.15, -0.1) is 0 Å². The molecular formula is C11H20O. The topological polar surface area (TPSA) is 20.2 Å². The highest BCUT2D eigenvalue weighted by Gasteiger charge is 2.36. The highest BCUT2D eigenvalue weighted by atomic mass is 16.3. The molecule has 1 nitrogen and oxygen atoms in total. The quantitative estimate of drug-likeness (QED) is 0.672. The molecule has 0 aliphatic heterocycles. The molecule has 2 aliphatic rings. The third-order valence-electron chi connectivity index (χ3n) is 3.65. The molecule has 0 amide bonds. The standard InChI is InChI=1S/C11H20O/c1-8-2-4-9(5-3-8)11(12)10-6-7-10/h8-12H,2-7H2,1H3. The predicted molar refractivity (Wildman–Crippen MR) is 49.9 cm³/mol. The molecule has 0 heterocycles. The van der Waals surface area contributed by atoms with Gasteiger partial charge in [0.2, 0.25) is 0 Å². The van der Waals surface area contributed by atoms with Gasteiger partial charge >= 0.3 is 0 Å². The summed E-state index contributed by atoms with van der Waals surface area (Å²) in [5, 5.41) is 9.90. The summed E-state index contributed by atoms with van der Waals surface area (Å²) in [5.41, 5.74) is 0. The fourth-order valence-electron chi connectivity index (χ4n) is 2.45. The molecule has 0 saturated heterocycles. The molecule has 2 aliphatic carbocycles. The van der Waals surface area contributed by atoms with Crippen LogP contribution in [0.25, 0.3) is 0 Å². The summed E-state index contributed by atoms with van der Waals surface area (Å²) in [6, 6.07) is 0. The Morgan fingerprint density at radius 3 is 1.75 bits per heavy atom. The summed E-state index contributed by atoms with van der Waals surface area (Å²) in [6.07, 6.45) is 7.86. The highest BCUT2D eigenvalue weighted by molar-refractivity contribution is 4.87. The lowest BCUT2D eigenvalue weighted by Crippen LogP contribution is -2.26. The van der Waals surface area contributed by atoms with E-state index in [0.717, 1.165) is 5.92 Å². The third-order valence-corrected chi connectivity index (χ3v) is 3.65. The number of aliphatic hydroxyl groups is 1. The van der Waals surface area contributed by atoms with Crippen molar-refractivity contribution in [1.82, 2.24) is 0 Å². The lowest BCUT2D eigenvalue weighted by Gasteiger charge is -2.29. The maximum atomic E-state index is 9.90. The van der Waals surface area contributed by atoms with Crippen LogP contribution >= 0.6 is 0 Å². The van der Waals surface area contributed by atoms with Crippen LogP contribution in [0.15, 0.2) is 0 Å². The summed E-state index contributed by atoms with van der Waals surface area (Å²) in [5.74, 6) is 2.24. The maximum absolute atomic E-state index is 9.90. The lowest BCUT2D eigenvalue weighted by atomic mass is 9.79. The van der Waals surface area contributed by atoms with Crippen LogP contribution in [0, 0.1) is 17.8 Å². The van der Waals surface area contributed by atoms with E-state index in [0.29, 0.717) is 11.8 Å². The number of hydrogen-bond donors (Lipinski definition) is 1. The molecule has 1 N–H and O–H groups in total. The Morgan fingerprint density at radius 2 is 1.33 bits per heavy atom. The lowest BCUT2D eigenvalue weighted by molar-refractivity contribution is 0.0581. The van der Waals surface area contributed by atoms with Gasteiger partial charge in [-0.25, -0.2) is 0 Å². The fraction of sp³-hybridized carbons (Fsp3) is 1.00. The molecule has 0 aromatic carbocycles. The van der Waals surface area contributed by atoms with E-state index in [1.54, 1.807) is 0 Å². The minimum absolute atomic E-state index is 0.0532. The fourth-order valence-corrected chi connectivity index (χ4v) is 2.45. The Balaban J connectivity index is 1.80. The van der Waals surface area contributed by atoms with E-state index in [2.05, 4.69) is 6.92 Å². The zero-order valence-corrected chi connectivity index (χ0v) is 8.00. The molecule has 0 aromatic heterocycles. The first-order valence-electron chi connectivity index (χ1n) is 5.45. The van der Waals surface area contributed by atoms with Crippen LogP contribution in [0.5, 0.6) is 0 Å². The van der Waals surface area contributed by atoms with Crippen LogP contribution in [-0.4, -0.2) is 11.2 Å². The molecule has 0 radical (unpaired) electrons. The largest absolute Gasteiger partial charge is 0.393 e. The van der Waals surface area contributed by atoms with Crippen LogP contribution < -0.4 is 0 Å². The second-order valence-electron chi connectivity index (χ2n) is 4.85. The average molecular weight is 168 g/mol. The Labute approximate surface area is 75.2 Å². The van der Waals surface area contributed by atoms with Gasteiger partial charge in [-0.2, -0.15) is 0 Å². The molecule has 2 saturated carbocycles. The molecule has 0 bridgehead atoms. The molecule has 1 heteroatoms. The number of hydrogen-bond acceptors (Lipinski definition) is 1. The molecule has 0 aromatic rings. The molecule has 1 atom stereocenters. The van der Waals surface area contributed by atoms with Gasteiger partial charge in [-0.1, -0.05) is 19.8 Å². The van der Waals surface area contributed by atoms with Gasteiger partial charge in [-0.3, -0.25) is 0 Å². The zero-order chi connectivity index (χ0) is 8.55. The van der Waals surface area contributed by atoms with Crippen LogP contribution in [0.4, 0.5) is 0 Å². The van der Waals surface area contributed by atoms with Crippen LogP contribution in [0.3, 0.4) is 0 Å². The molecule has 0 spiro atoms. The third kappa shape index (κ3) is 1.82. The summed E-state index contributed by atoms with van der Waals surface area (Å²) >= 11 is 0. The molecule has 2 rings (SSSR count). The first kappa shape index (κ1) is 8.55. The normalized spacial score (nSPS) is 39.5. The molecule has 1 unspecified atom stereocenters. The van der Waals surface area contributed by atoms with Crippen LogP contribution in [-0.2, 0) is 0 Å². The Bertz CT molecular complexity index is 143. The monoisotopic (exact) mass is 168 g/mol. The maximum Gasteiger partial charge on any atom is 0.0596 e. The summed E-state index contributed by atoms with van der Waals surface area (Å²) < 4.78 is 0. The molecule has 12 heavy (non-hydrogen) atoms. The van der Waals surface area contributed by atoms with Gasteiger partial charge in [0.1, 0.15) is 0 Å². The van der Waals surface area contributed by atoms with Gasteiger partial charge < -0.3 is 5.11 Å². The second-order valence-corrected chi connectivity index (χ2v) is 4.85. The first-order valence-corrected chi connectivity index (χ1v) is 5.45. The van der Waals surface area contributed by atoms with E-state index in [4.69, 9.17) is 0 Å². The molecular weight excluding hydrogens is 148 g/mol. The van der Waals surface area contributed by atoms with E-state index < -0.39 is 0 Å². The van der Waals surface area contributed by atoms with Crippen LogP contribution in [0.2, 0.25) is 0 Å². The van der Waals surface area contributed by atoms with E-state index >= 15 is 0 Å². The van der Waals surface area contributed by atoms with Crippen molar-refractivity contribution in [3.63, 3.8) is 0 Å². The zero-order valence-electron chi connectivity index (χ0n) is 8.00. The van der Waals surface area contributed by atoms with Crippen molar-refractivity contribution in [3.8, 4) is 0 Å². The smallest absolute Gasteiger partial charge is 0.0596 e. The van der Waals surface area contributed by atoms with Crippen molar-refractivity contribution in [2.24, 2.45) is 17.8 Å². The van der Waals surface area contributed by atoms with Crippen LogP contribution in [0.1, 0.15) is 45.4 Å². The van der Waals surface area contributed by atoms with Gasteiger partial charge in [-0.05, 0) is 43.4 Å². The van der Waals surface area contributed by atoms with Crippen molar-refractivity contribution in [1.29, 1.82) is 0 Å². The average Bonchev–Trinajstić information content (AvgIpc) is 2.87. The van der Waals surface area contributed by atoms with E-state index in [-0.39, 0.29) is 6.10 Å². The molecule has 2 fully saturated rings. The van der Waals surface area contributed by atoms with E-state index in [1.807, 2.05) is 0 Å². The summed E-state index contributed by atoms with van der Waals surface area (Å²) in [7, 11) is 0. The minimum atomic E-state index is 0.0532. The van der Waals surface area contributed by atoms with Crippen molar-refractivity contribution in [2.45, 2.75) is 51.6 Å². The number of aliphatic hydroxyl groups excluding tert-OH is 1. The second kappa shape index (κ2) is 3.37. The summed E-state index contributed by atoms with van der Waals surface area (Å²) in [6.45, 7) is 2.33. The summed E-state index contributed by atoms with van der Waals surface area (Å²) in [4.78, 5) is 0. The van der Waals surface area contributed by atoms with E-state index in [9.17, 15) is 5.11 Å². The van der Waals surface area contributed by atoms with E-state index in [1.165, 1.54) is 38.5 Å². The SMILES string of the molecule is CC1CCC(C(O)C2CC2)CC1. The highest BCUT2D eigenvalue weighted by Crippen LogP contribution is 2.41. The van der Waals surface area contributed by atoms with Crippen molar-refractivity contribution in [2.75, 3.05) is 0 Å². The minimum Gasteiger partial charge on any atom is -0.393 e. The Hall–Kier alpha value is -0.0400.